The summed E-state index contributed by atoms with van der Waals surface area (Å²) in [6.07, 6.45) is 3.58. The number of ether oxygens (including phenoxy) is 1. The summed E-state index contributed by atoms with van der Waals surface area (Å²) in [5.74, 6) is -0.200. The zero-order chi connectivity index (χ0) is 21.8. The van der Waals surface area contributed by atoms with Gasteiger partial charge in [0.25, 0.3) is 0 Å². The van der Waals surface area contributed by atoms with Gasteiger partial charge in [0.05, 0.1) is 0 Å². The van der Waals surface area contributed by atoms with Crippen molar-refractivity contribution < 1.29 is 17.9 Å². The number of halogens is 3. The zero-order valence-electron chi connectivity index (χ0n) is 17.8. The highest BCUT2D eigenvalue weighted by molar-refractivity contribution is 5.77. The fraction of sp³-hybridized carbons (Fsp3) is 0.333. The average molecular weight is 425 g/mol. The van der Waals surface area contributed by atoms with E-state index in [1.54, 1.807) is 12.1 Å². The Morgan fingerprint density at radius 2 is 1.39 bits per heavy atom. The molecule has 1 aliphatic rings. The quantitative estimate of drug-likeness (QED) is 0.348. The molecule has 1 nitrogen and oxygen atoms in total. The number of unbranched alkanes of at least 4 members (excludes halogenated alkanes) is 3. The molecule has 3 aromatic carbocycles. The van der Waals surface area contributed by atoms with Crippen molar-refractivity contribution in [3.63, 3.8) is 0 Å². The topological polar surface area (TPSA) is 9.23 Å². The second-order valence-corrected chi connectivity index (χ2v) is 8.25. The maximum absolute atomic E-state index is 12.4. The summed E-state index contributed by atoms with van der Waals surface area (Å²) in [6.45, 7) is 2.24. The Bertz CT molecular complexity index is 1040. The SMILES string of the molecule is CCCCCCc1ccc2c(c1)CCc1cc(-c3ccc(OC(F)(F)F)cc3)ccc1-2. The van der Waals surface area contributed by atoms with E-state index in [2.05, 4.69) is 42.0 Å². The summed E-state index contributed by atoms with van der Waals surface area (Å²) >= 11 is 0. The van der Waals surface area contributed by atoms with Crippen molar-refractivity contribution in [1.82, 2.24) is 0 Å². The monoisotopic (exact) mass is 424 g/mol. The minimum absolute atomic E-state index is 0.200. The number of aryl methyl sites for hydroxylation is 3. The molecule has 4 rings (SSSR count). The van der Waals surface area contributed by atoms with Crippen molar-refractivity contribution in [2.45, 2.75) is 58.2 Å². The lowest BCUT2D eigenvalue weighted by Gasteiger charge is -2.22. The zero-order valence-corrected chi connectivity index (χ0v) is 17.8. The van der Waals surface area contributed by atoms with Gasteiger partial charge in [-0.1, -0.05) is 74.7 Å². The fourth-order valence-electron chi connectivity index (χ4n) is 4.39. The molecule has 162 valence electrons. The van der Waals surface area contributed by atoms with Crippen molar-refractivity contribution in [2.75, 3.05) is 0 Å². The van der Waals surface area contributed by atoms with Gasteiger partial charge in [-0.25, -0.2) is 0 Å². The van der Waals surface area contributed by atoms with Gasteiger partial charge < -0.3 is 4.74 Å². The Labute approximate surface area is 181 Å². The molecule has 0 unspecified atom stereocenters. The van der Waals surface area contributed by atoms with Crippen LogP contribution in [-0.2, 0) is 19.3 Å². The van der Waals surface area contributed by atoms with E-state index < -0.39 is 6.36 Å². The van der Waals surface area contributed by atoms with Crippen LogP contribution in [0.5, 0.6) is 5.75 Å². The maximum Gasteiger partial charge on any atom is 0.573 e. The molecule has 0 radical (unpaired) electrons. The Hall–Kier alpha value is -2.75. The molecule has 0 aromatic heterocycles. The molecule has 0 atom stereocenters. The van der Waals surface area contributed by atoms with Crippen LogP contribution in [0, 0.1) is 0 Å². The highest BCUT2D eigenvalue weighted by Gasteiger charge is 2.31. The van der Waals surface area contributed by atoms with Crippen LogP contribution in [0.2, 0.25) is 0 Å². The molecule has 3 aromatic rings. The second-order valence-electron chi connectivity index (χ2n) is 8.25. The number of hydrogen-bond acceptors (Lipinski definition) is 1. The molecule has 0 bridgehead atoms. The molecule has 0 saturated heterocycles. The third-order valence-corrected chi connectivity index (χ3v) is 5.97. The Balaban J connectivity index is 1.52. The van der Waals surface area contributed by atoms with Crippen LogP contribution in [0.1, 0.15) is 49.3 Å². The number of hydrogen-bond donors (Lipinski definition) is 0. The van der Waals surface area contributed by atoms with Gasteiger partial charge in [-0.05, 0) is 76.8 Å². The summed E-state index contributed by atoms with van der Waals surface area (Å²) in [6, 6.07) is 19.3. The van der Waals surface area contributed by atoms with Crippen molar-refractivity contribution in [2.24, 2.45) is 0 Å². The predicted molar refractivity (Wildman–Crippen MR) is 119 cm³/mol. The number of alkyl halides is 3. The number of rotatable bonds is 7. The van der Waals surface area contributed by atoms with Gasteiger partial charge in [-0.3, -0.25) is 0 Å². The standard InChI is InChI=1S/C27H27F3O/c1-2-3-4-5-6-19-7-15-25-22(17-19)8-9-23-18-21(12-16-26(23)25)20-10-13-24(14-11-20)31-27(28,29)30/h7,10-18H,2-6,8-9H2,1H3. The Morgan fingerprint density at radius 1 is 0.742 bits per heavy atom. The van der Waals surface area contributed by atoms with Crippen LogP contribution in [0.3, 0.4) is 0 Å². The third kappa shape index (κ3) is 5.30. The van der Waals surface area contributed by atoms with E-state index in [0.29, 0.717) is 0 Å². The molecule has 0 aliphatic heterocycles. The minimum atomic E-state index is -4.67. The van der Waals surface area contributed by atoms with Crippen LogP contribution in [0.4, 0.5) is 13.2 Å². The van der Waals surface area contributed by atoms with Gasteiger partial charge in [0.1, 0.15) is 5.75 Å². The van der Waals surface area contributed by atoms with Crippen LogP contribution in [-0.4, -0.2) is 6.36 Å². The second kappa shape index (κ2) is 9.17. The highest BCUT2D eigenvalue weighted by atomic mass is 19.4. The van der Waals surface area contributed by atoms with E-state index >= 15 is 0 Å². The molecule has 0 heterocycles. The lowest BCUT2D eigenvalue weighted by atomic mass is 9.83. The Morgan fingerprint density at radius 3 is 2.06 bits per heavy atom. The lowest BCUT2D eigenvalue weighted by molar-refractivity contribution is -0.274. The molecule has 0 fully saturated rings. The van der Waals surface area contributed by atoms with E-state index in [0.717, 1.165) is 30.4 Å². The van der Waals surface area contributed by atoms with Crippen molar-refractivity contribution in [3.05, 3.63) is 77.4 Å². The number of benzene rings is 3. The van der Waals surface area contributed by atoms with Crippen molar-refractivity contribution in [3.8, 4) is 28.0 Å². The first-order chi connectivity index (χ1) is 14.9. The van der Waals surface area contributed by atoms with Gasteiger partial charge in [0.2, 0.25) is 0 Å². The normalized spacial score (nSPS) is 12.9. The van der Waals surface area contributed by atoms with Gasteiger partial charge in [-0.2, -0.15) is 0 Å². The summed E-state index contributed by atoms with van der Waals surface area (Å²) in [5.41, 5.74) is 8.59. The van der Waals surface area contributed by atoms with Crippen LogP contribution < -0.4 is 4.74 Å². The fourth-order valence-corrected chi connectivity index (χ4v) is 4.39. The van der Waals surface area contributed by atoms with Crippen LogP contribution in [0.25, 0.3) is 22.3 Å². The molecule has 31 heavy (non-hydrogen) atoms. The molecule has 1 aliphatic carbocycles. The summed E-state index contributed by atoms with van der Waals surface area (Å²) in [5, 5.41) is 0. The van der Waals surface area contributed by atoms with Crippen molar-refractivity contribution in [1.29, 1.82) is 0 Å². The minimum Gasteiger partial charge on any atom is -0.406 e. The lowest BCUT2D eigenvalue weighted by Crippen LogP contribution is -2.16. The van der Waals surface area contributed by atoms with Gasteiger partial charge in [-0.15, -0.1) is 13.2 Å². The van der Waals surface area contributed by atoms with Crippen LogP contribution in [0.15, 0.2) is 60.7 Å². The van der Waals surface area contributed by atoms with E-state index in [-0.39, 0.29) is 5.75 Å². The molecular weight excluding hydrogens is 397 g/mol. The summed E-state index contributed by atoms with van der Waals surface area (Å²) in [4.78, 5) is 0. The first-order valence-electron chi connectivity index (χ1n) is 11.0. The summed E-state index contributed by atoms with van der Waals surface area (Å²) < 4.78 is 41.1. The smallest absolute Gasteiger partial charge is 0.406 e. The first-order valence-corrected chi connectivity index (χ1v) is 11.0. The van der Waals surface area contributed by atoms with Gasteiger partial charge in [0.15, 0.2) is 0 Å². The average Bonchev–Trinajstić information content (AvgIpc) is 2.75. The van der Waals surface area contributed by atoms with Gasteiger partial charge >= 0.3 is 6.36 Å². The van der Waals surface area contributed by atoms with E-state index in [1.807, 2.05) is 6.07 Å². The largest absolute Gasteiger partial charge is 0.573 e. The van der Waals surface area contributed by atoms with E-state index in [1.165, 1.54) is 65.6 Å². The summed E-state index contributed by atoms with van der Waals surface area (Å²) in [7, 11) is 0. The molecule has 0 N–H and O–H groups in total. The Kier molecular flexibility index (Phi) is 6.35. The molecular formula is C27H27F3O. The number of fused-ring (bicyclic) bond motifs is 3. The third-order valence-electron chi connectivity index (χ3n) is 5.97. The molecule has 0 saturated carbocycles. The predicted octanol–water partition coefficient (Wildman–Crippen LogP) is 8.14. The molecule has 4 heteroatoms. The molecule has 0 amide bonds. The van der Waals surface area contributed by atoms with Gasteiger partial charge in [0, 0.05) is 0 Å². The van der Waals surface area contributed by atoms with E-state index in [4.69, 9.17) is 0 Å². The van der Waals surface area contributed by atoms with Crippen LogP contribution >= 0.6 is 0 Å². The first kappa shape index (κ1) is 21.5. The molecule has 0 spiro atoms. The highest BCUT2D eigenvalue weighted by Crippen LogP contribution is 2.37. The van der Waals surface area contributed by atoms with E-state index in [9.17, 15) is 13.2 Å². The maximum atomic E-state index is 12.4. The van der Waals surface area contributed by atoms with Crippen molar-refractivity contribution >= 4 is 0 Å².